The molecule has 0 bridgehead atoms. The Morgan fingerprint density at radius 1 is 1.47 bits per heavy atom. The summed E-state index contributed by atoms with van der Waals surface area (Å²) in [4.78, 5) is 7.85. The fourth-order valence-electron chi connectivity index (χ4n) is 2.09. The van der Waals surface area contributed by atoms with Gasteiger partial charge in [0.05, 0.1) is 0 Å². The number of thioether (sulfide) groups is 1. The maximum absolute atomic E-state index is 4.02. The number of nitrogens with zero attached hydrogens (tertiary/aromatic N) is 2. The first-order valence-electron chi connectivity index (χ1n) is 5.59. The molecule has 2 nitrogen and oxygen atoms in total. The van der Waals surface area contributed by atoms with Crippen LogP contribution in [0.15, 0.2) is 29.4 Å². The van der Waals surface area contributed by atoms with Crippen LogP contribution in [0.5, 0.6) is 0 Å². The Labute approximate surface area is 96.1 Å². The molecular weight excluding hydrogens is 204 g/mol. The molecule has 1 fully saturated rings. The van der Waals surface area contributed by atoms with E-state index in [9.17, 15) is 0 Å². The lowest BCUT2D eigenvalue weighted by Gasteiger charge is -2.18. The smallest absolute Gasteiger partial charge is 0.0278 e. The molecule has 0 amide bonds. The van der Waals surface area contributed by atoms with Gasteiger partial charge in [-0.3, -0.25) is 4.98 Å². The molecular formula is C12H18N2S. The van der Waals surface area contributed by atoms with E-state index in [4.69, 9.17) is 0 Å². The topological polar surface area (TPSA) is 16.1 Å². The summed E-state index contributed by atoms with van der Waals surface area (Å²) in [5.41, 5.74) is 0. The average Bonchev–Trinajstić information content (AvgIpc) is 2.66. The van der Waals surface area contributed by atoms with Gasteiger partial charge in [-0.15, -0.1) is 11.8 Å². The monoisotopic (exact) mass is 222 g/mol. The average molecular weight is 222 g/mol. The maximum Gasteiger partial charge on any atom is 0.0278 e. The lowest BCUT2D eigenvalue weighted by molar-refractivity contribution is 0.305. The van der Waals surface area contributed by atoms with E-state index >= 15 is 0 Å². The number of pyridine rings is 1. The van der Waals surface area contributed by atoms with Crippen molar-refractivity contribution in [3.05, 3.63) is 24.5 Å². The zero-order valence-corrected chi connectivity index (χ0v) is 10.0. The van der Waals surface area contributed by atoms with E-state index in [1.54, 1.807) is 0 Å². The van der Waals surface area contributed by atoms with Crippen LogP contribution in [0.4, 0.5) is 0 Å². The predicted octanol–water partition coefficient (Wildman–Crippen LogP) is 2.66. The van der Waals surface area contributed by atoms with Gasteiger partial charge in [-0.25, -0.2) is 0 Å². The van der Waals surface area contributed by atoms with Crippen molar-refractivity contribution in [1.82, 2.24) is 9.88 Å². The Balaban J connectivity index is 1.71. The highest BCUT2D eigenvalue weighted by Gasteiger charge is 2.19. The molecule has 15 heavy (non-hydrogen) atoms. The van der Waals surface area contributed by atoms with Gasteiger partial charge in [0.2, 0.25) is 0 Å². The summed E-state index contributed by atoms with van der Waals surface area (Å²) in [5, 5.41) is 0. The van der Waals surface area contributed by atoms with Gasteiger partial charge in [0.1, 0.15) is 0 Å². The second kappa shape index (κ2) is 5.52. The lowest BCUT2D eigenvalue weighted by atomic mass is 10.2. The van der Waals surface area contributed by atoms with E-state index in [2.05, 4.69) is 29.1 Å². The number of likely N-dealkylation sites (tertiary alicyclic amines) is 1. The minimum Gasteiger partial charge on any atom is -0.303 e. The molecule has 1 aliphatic heterocycles. The molecule has 82 valence electrons. The molecule has 1 aromatic heterocycles. The standard InChI is InChI=1S/C12H18N2S/c1-14-9-2-3-11(14)6-10-15-12-4-7-13-8-5-12/h4-5,7-8,11H,2-3,6,9-10H2,1H3. The van der Waals surface area contributed by atoms with E-state index in [1.807, 2.05) is 24.2 Å². The normalized spacial score (nSPS) is 22.1. The molecule has 0 N–H and O–H groups in total. The van der Waals surface area contributed by atoms with Crippen LogP contribution in [0.1, 0.15) is 19.3 Å². The maximum atomic E-state index is 4.02. The summed E-state index contributed by atoms with van der Waals surface area (Å²) >= 11 is 1.94. The van der Waals surface area contributed by atoms with Gasteiger partial charge in [0.15, 0.2) is 0 Å². The molecule has 0 aliphatic carbocycles. The van der Waals surface area contributed by atoms with Gasteiger partial charge in [-0.05, 0) is 50.7 Å². The second-order valence-corrected chi connectivity index (χ2v) is 5.27. The Kier molecular flexibility index (Phi) is 4.03. The Hall–Kier alpha value is -0.540. The summed E-state index contributed by atoms with van der Waals surface area (Å²) < 4.78 is 0. The van der Waals surface area contributed by atoms with Gasteiger partial charge < -0.3 is 4.90 Å². The highest BCUT2D eigenvalue weighted by atomic mass is 32.2. The Morgan fingerprint density at radius 3 is 2.93 bits per heavy atom. The van der Waals surface area contributed by atoms with Gasteiger partial charge in [-0.2, -0.15) is 0 Å². The molecule has 1 saturated heterocycles. The fourth-order valence-corrected chi connectivity index (χ4v) is 3.03. The summed E-state index contributed by atoms with van der Waals surface area (Å²) in [6, 6.07) is 4.99. The van der Waals surface area contributed by atoms with E-state index in [1.165, 1.54) is 36.5 Å². The van der Waals surface area contributed by atoms with Crippen LogP contribution in [0.3, 0.4) is 0 Å². The van der Waals surface area contributed by atoms with Crippen molar-refractivity contribution < 1.29 is 0 Å². The fraction of sp³-hybridized carbons (Fsp3) is 0.583. The minimum atomic E-state index is 0.819. The Morgan fingerprint density at radius 2 is 2.27 bits per heavy atom. The van der Waals surface area contributed by atoms with Gasteiger partial charge >= 0.3 is 0 Å². The summed E-state index contributed by atoms with van der Waals surface area (Å²) in [6.07, 6.45) is 7.80. The van der Waals surface area contributed by atoms with E-state index < -0.39 is 0 Å². The number of rotatable bonds is 4. The molecule has 1 unspecified atom stereocenters. The third-order valence-electron chi connectivity index (χ3n) is 3.04. The SMILES string of the molecule is CN1CCCC1CCSc1ccncc1. The first-order chi connectivity index (χ1) is 7.36. The lowest BCUT2D eigenvalue weighted by Crippen LogP contribution is -2.25. The van der Waals surface area contributed by atoms with Crippen molar-refractivity contribution >= 4 is 11.8 Å². The molecule has 3 heteroatoms. The highest BCUT2D eigenvalue weighted by Crippen LogP contribution is 2.23. The van der Waals surface area contributed by atoms with E-state index in [-0.39, 0.29) is 0 Å². The Bertz CT molecular complexity index is 289. The molecule has 0 radical (unpaired) electrons. The third kappa shape index (κ3) is 3.21. The van der Waals surface area contributed by atoms with E-state index in [0.29, 0.717) is 0 Å². The van der Waals surface area contributed by atoms with Crippen LogP contribution in [-0.2, 0) is 0 Å². The third-order valence-corrected chi connectivity index (χ3v) is 4.09. The van der Waals surface area contributed by atoms with Crippen molar-refractivity contribution in [3.63, 3.8) is 0 Å². The van der Waals surface area contributed by atoms with E-state index in [0.717, 1.165) is 6.04 Å². The zero-order valence-electron chi connectivity index (χ0n) is 9.22. The van der Waals surface area contributed by atoms with Crippen LogP contribution < -0.4 is 0 Å². The first kappa shape index (κ1) is 11.0. The predicted molar refractivity (Wildman–Crippen MR) is 65.2 cm³/mol. The van der Waals surface area contributed by atoms with Crippen molar-refractivity contribution in [2.45, 2.75) is 30.2 Å². The highest BCUT2D eigenvalue weighted by molar-refractivity contribution is 7.99. The van der Waals surface area contributed by atoms with Gasteiger partial charge in [0, 0.05) is 23.3 Å². The molecule has 2 heterocycles. The van der Waals surface area contributed by atoms with Crippen LogP contribution in [-0.4, -0.2) is 35.3 Å². The molecule has 1 aliphatic rings. The second-order valence-electron chi connectivity index (χ2n) is 4.10. The molecule has 0 saturated carbocycles. The summed E-state index contributed by atoms with van der Waals surface area (Å²) in [5.74, 6) is 1.22. The van der Waals surface area contributed by atoms with Crippen molar-refractivity contribution in [1.29, 1.82) is 0 Å². The molecule has 1 aromatic rings. The van der Waals surface area contributed by atoms with Crippen LogP contribution in [0, 0.1) is 0 Å². The largest absolute Gasteiger partial charge is 0.303 e. The van der Waals surface area contributed by atoms with Gasteiger partial charge in [0.25, 0.3) is 0 Å². The minimum absolute atomic E-state index is 0.819. The van der Waals surface area contributed by atoms with Crippen LogP contribution >= 0.6 is 11.8 Å². The zero-order chi connectivity index (χ0) is 10.5. The van der Waals surface area contributed by atoms with Crippen LogP contribution in [0.25, 0.3) is 0 Å². The number of hydrogen-bond acceptors (Lipinski definition) is 3. The summed E-state index contributed by atoms with van der Waals surface area (Å²) in [6.45, 7) is 1.28. The van der Waals surface area contributed by atoms with Crippen LogP contribution in [0.2, 0.25) is 0 Å². The first-order valence-corrected chi connectivity index (χ1v) is 6.58. The quantitative estimate of drug-likeness (QED) is 0.729. The van der Waals surface area contributed by atoms with Gasteiger partial charge in [-0.1, -0.05) is 0 Å². The summed E-state index contributed by atoms with van der Waals surface area (Å²) in [7, 11) is 2.24. The van der Waals surface area contributed by atoms with Crippen molar-refractivity contribution in [2.75, 3.05) is 19.3 Å². The number of hydrogen-bond donors (Lipinski definition) is 0. The van der Waals surface area contributed by atoms with Crippen molar-refractivity contribution in [3.8, 4) is 0 Å². The molecule has 2 rings (SSSR count). The number of aromatic nitrogens is 1. The molecule has 1 atom stereocenters. The molecule has 0 spiro atoms. The molecule has 0 aromatic carbocycles. The van der Waals surface area contributed by atoms with Crippen molar-refractivity contribution in [2.24, 2.45) is 0 Å².